The van der Waals surface area contributed by atoms with E-state index in [9.17, 15) is 19.5 Å². The third-order valence-electron chi connectivity index (χ3n) is 5.05. The Labute approximate surface area is 177 Å². The van der Waals surface area contributed by atoms with Crippen molar-refractivity contribution in [3.63, 3.8) is 0 Å². The first kappa shape index (κ1) is 23.9. The monoisotopic (exact) mass is 420 g/mol. The summed E-state index contributed by atoms with van der Waals surface area (Å²) in [5.74, 6) is -4.43. The molecule has 7 heteroatoms. The van der Waals surface area contributed by atoms with Crippen molar-refractivity contribution in [1.29, 1.82) is 0 Å². The molecule has 0 spiro atoms. The molecule has 1 N–H and O–H groups in total. The van der Waals surface area contributed by atoms with Crippen LogP contribution in [0.25, 0.3) is 0 Å². The fraction of sp³-hybridized carbons (Fsp3) is 0.609. The number of esters is 2. The number of rotatable bonds is 7. The highest BCUT2D eigenvalue weighted by Crippen LogP contribution is 2.47. The number of ketones is 1. The van der Waals surface area contributed by atoms with Crippen LogP contribution >= 0.6 is 0 Å². The molecule has 1 fully saturated rings. The number of carbonyl (C=O) groups excluding carboxylic acids is 3. The number of benzene rings is 1. The van der Waals surface area contributed by atoms with E-state index < -0.39 is 53.3 Å². The van der Waals surface area contributed by atoms with E-state index in [-0.39, 0.29) is 6.42 Å². The molecule has 1 aliphatic carbocycles. The molecule has 0 amide bonds. The molecule has 1 aliphatic rings. The predicted molar refractivity (Wildman–Crippen MR) is 110 cm³/mol. The Bertz CT molecular complexity index is 756. The van der Waals surface area contributed by atoms with Crippen LogP contribution in [0.2, 0.25) is 0 Å². The summed E-state index contributed by atoms with van der Waals surface area (Å²) in [7, 11) is 0. The van der Waals surface area contributed by atoms with E-state index in [2.05, 4.69) is 0 Å². The summed E-state index contributed by atoms with van der Waals surface area (Å²) in [6.07, 6.45) is -1.17. The molecule has 1 aromatic rings. The van der Waals surface area contributed by atoms with E-state index in [4.69, 9.17) is 14.2 Å². The molecule has 0 radical (unpaired) electrons. The maximum Gasteiger partial charge on any atom is 0.317 e. The summed E-state index contributed by atoms with van der Waals surface area (Å²) in [5, 5.41) is 11.0. The molecule has 0 heterocycles. The van der Waals surface area contributed by atoms with Gasteiger partial charge < -0.3 is 19.3 Å². The minimum atomic E-state index is -1.67. The van der Waals surface area contributed by atoms with Gasteiger partial charge in [-0.05, 0) is 59.2 Å². The van der Waals surface area contributed by atoms with Crippen LogP contribution in [-0.4, -0.2) is 47.2 Å². The number of hydrogen-bond donors (Lipinski definition) is 1. The van der Waals surface area contributed by atoms with E-state index in [1.807, 2.05) is 6.92 Å². The summed E-state index contributed by atoms with van der Waals surface area (Å²) < 4.78 is 16.2. The normalized spacial score (nSPS) is 26.6. The lowest BCUT2D eigenvalue weighted by Crippen LogP contribution is -2.55. The third kappa shape index (κ3) is 5.39. The van der Waals surface area contributed by atoms with Crippen molar-refractivity contribution in [2.45, 2.75) is 71.7 Å². The van der Waals surface area contributed by atoms with Crippen molar-refractivity contribution in [2.24, 2.45) is 11.8 Å². The minimum absolute atomic E-state index is 0.337. The molecular formula is C23H32O7. The van der Waals surface area contributed by atoms with Crippen molar-refractivity contribution in [2.75, 3.05) is 6.61 Å². The Hall–Kier alpha value is -2.41. The summed E-state index contributed by atoms with van der Waals surface area (Å²) in [6, 6.07) is 6.83. The van der Waals surface area contributed by atoms with Crippen LogP contribution in [0.4, 0.5) is 0 Å². The number of ether oxygens (including phenoxy) is 3. The van der Waals surface area contributed by atoms with Crippen LogP contribution in [0.3, 0.4) is 0 Å². The first-order chi connectivity index (χ1) is 14.0. The smallest absolute Gasteiger partial charge is 0.317 e. The molecule has 7 nitrogen and oxygen atoms in total. The summed E-state index contributed by atoms with van der Waals surface area (Å²) >= 11 is 0. The Morgan fingerprint density at radius 2 is 1.60 bits per heavy atom. The van der Waals surface area contributed by atoms with Crippen molar-refractivity contribution in [3.05, 3.63) is 29.8 Å². The summed E-state index contributed by atoms with van der Waals surface area (Å²) in [4.78, 5) is 38.8. The Morgan fingerprint density at radius 3 is 2.10 bits per heavy atom. The third-order valence-corrected chi connectivity index (χ3v) is 5.05. The van der Waals surface area contributed by atoms with Gasteiger partial charge in [-0.3, -0.25) is 14.4 Å². The van der Waals surface area contributed by atoms with Crippen LogP contribution in [-0.2, 0) is 23.9 Å². The van der Waals surface area contributed by atoms with Crippen molar-refractivity contribution >= 4 is 17.7 Å². The van der Waals surface area contributed by atoms with Crippen LogP contribution in [0.5, 0.6) is 5.75 Å². The van der Waals surface area contributed by atoms with Gasteiger partial charge in [-0.2, -0.15) is 0 Å². The zero-order chi connectivity index (χ0) is 22.6. The van der Waals surface area contributed by atoms with Gasteiger partial charge in [0.05, 0.1) is 30.3 Å². The van der Waals surface area contributed by atoms with Crippen molar-refractivity contribution < 1.29 is 33.7 Å². The lowest BCUT2D eigenvalue weighted by Gasteiger charge is -2.44. The number of carbonyl (C=O) groups is 3. The highest BCUT2D eigenvalue weighted by Gasteiger charge is 2.57. The molecule has 0 aromatic heterocycles. The predicted octanol–water partition coefficient (Wildman–Crippen LogP) is 3.03. The van der Waals surface area contributed by atoms with Crippen LogP contribution in [0.1, 0.15) is 59.4 Å². The second-order valence-electron chi connectivity index (χ2n) is 8.45. The number of hydrogen-bond acceptors (Lipinski definition) is 7. The molecule has 2 rings (SSSR count). The van der Waals surface area contributed by atoms with Gasteiger partial charge in [0.15, 0.2) is 5.78 Å². The minimum Gasteiger partial charge on any atom is -0.494 e. The molecular weight excluding hydrogens is 388 g/mol. The van der Waals surface area contributed by atoms with Crippen molar-refractivity contribution in [1.82, 2.24) is 0 Å². The lowest BCUT2D eigenvalue weighted by molar-refractivity contribution is -0.176. The Balaban J connectivity index is 2.58. The van der Waals surface area contributed by atoms with Gasteiger partial charge in [-0.15, -0.1) is 0 Å². The van der Waals surface area contributed by atoms with Crippen LogP contribution in [0.15, 0.2) is 24.3 Å². The van der Waals surface area contributed by atoms with Crippen LogP contribution < -0.4 is 4.74 Å². The second kappa shape index (κ2) is 9.60. The quantitative estimate of drug-likeness (QED) is 0.535. The molecule has 0 aliphatic heterocycles. The van der Waals surface area contributed by atoms with E-state index in [0.29, 0.717) is 17.9 Å². The van der Waals surface area contributed by atoms with E-state index in [1.165, 1.54) is 6.92 Å². The van der Waals surface area contributed by atoms with Gasteiger partial charge in [0.2, 0.25) is 0 Å². The zero-order valence-electron chi connectivity index (χ0n) is 18.5. The first-order valence-corrected chi connectivity index (χ1v) is 10.4. The molecule has 30 heavy (non-hydrogen) atoms. The maximum absolute atomic E-state index is 13.0. The number of aliphatic hydroxyl groups is 1. The average Bonchev–Trinajstić information content (AvgIpc) is 2.59. The summed E-state index contributed by atoms with van der Waals surface area (Å²) in [6.45, 7) is 10.6. The van der Waals surface area contributed by atoms with Gasteiger partial charge in [0, 0.05) is 12.3 Å². The van der Waals surface area contributed by atoms with Gasteiger partial charge in [0.25, 0.3) is 0 Å². The van der Waals surface area contributed by atoms with Gasteiger partial charge in [-0.25, -0.2) is 0 Å². The fourth-order valence-electron chi connectivity index (χ4n) is 3.98. The zero-order valence-corrected chi connectivity index (χ0v) is 18.5. The standard InChI is InChI=1S/C23H32O7/c1-7-28-16-10-8-15(9-11-16)18-19(21(25)29-13(2)3)17(24)12-23(6,27)20(18)22(26)30-14(4)5/h8-11,13-14,18-20,27H,7,12H2,1-6H3/t18-,19+,20-,23+/m0/s1. The topological polar surface area (TPSA) is 99.1 Å². The van der Waals surface area contributed by atoms with Gasteiger partial charge in [-0.1, -0.05) is 12.1 Å². The fourth-order valence-corrected chi connectivity index (χ4v) is 3.98. The molecule has 0 saturated heterocycles. The maximum atomic E-state index is 13.0. The average molecular weight is 421 g/mol. The highest BCUT2D eigenvalue weighted by atomic mass is 16.5. The Kier molecular flexibility index (Phi) is 7.64. The molecule has 0 unspecified atom stereocenters. The highest BCUT2D eigenvalue weighted by molar-refractivity contribution is 6.02. The first-order valence-electron chi connectivity index (χ1n) is 10.4. The van der Waals surface area contributed by atoms with Crippen molar-refractivity contribution in [3.8, 4) is 5.75 Å². The van der Waals surface area contributed by atoms with E-state index >= 15 is 0 Å². The SMILES string of the molecule is CCOc1ccc([C@H]2[C@H](C(=O)OC(C)C)C(=O)C[C@@](C)(O)[C@@H]2C(=O)OC(C)C)cc1. The molecule has 1 aromatic carbocycles. The van der Waals surface area contributed by atoms with Crippen LogP contribution in [0, 0.1) is 11.8 Å². The van der Waals surface area contributed by atoms with Gasteiger partial charge in [0.1, 0.15) is 11.7 Å². The second-order valence-corrected chi connectivity index (χ2v) is 8.45. The largest absolute Gasteiger partial charge is 0.494 e. The molecule has 4 atom stereocenters. The molecule has 166 valence electrons. The lowest BCUT2D eigenvalue weighted by atomic mass is 9.61. The Morgan fingerprint density at radius 1 is 1.07 bits per heavy atom. The van der Waals surface area contributed by atoms with E-state index in [1.54, 1.807) is 52.0 Å². The molecule has 0 bridgehead atoms. The number of Topliss-reactive ketones (excluding diaryl/α,β-unsaturated/α-hetero) is 1. The summed E-state index contributed by atoms with van der Waals surface area (Å²) in [5.41, 5.74) is -1.11. The van der Waals surface area contributed by atoms with Gasteiger partial charge >= 0.3 is 11.9 Å². The molecule has 1 saturated carbocycles. The van der Waals surface area contributed by atoms with E-state index in [0.717, 1.165) is 0 Å².